The molecule has 2 heteroatoms. The van der Waals surface area contributed by atoms with Gasteiger partial charge in [0.25, 0.3) is 0 Å². The van der Waals surface area contributed by atoms with Crippen LogP contribution in [0.25, 0.3) is 0 Å². The van der Waals surface area contributed by atoms with Crippen molar-refractivity contribution < 1.29 is 0 Å². The van der Waals surface area contributed by atoms with Gasteiger partial charge in [-0.25, -0.2) is 0 Å². The van der Waals surface area contributed by atoms with E-state index >= 15 is 0 Å². The Morgan fingerprint density at radius 2 is 1.17 bits per heavy atom. The monoisotopic (exact) mass is 238 g/mol. The van der Waals surface area contributed by atoms with Crippen LogP contribution in [0.1, 0.15) is 30.9 Å². The first kappa shape index (κ1) is 12.5. The zero-order valence-corrected chi connectivity index (χ0v) is 11.1. The second-order valence-electron chi connectivity index (χ2n) is 4.78. The fourth-order valence-electron chi connectivity index (χ4n) is 1.65. The SMILES string of the molecule is Cc1ccc(/N=N/c2ccc(C(C)C)cc2)cc1. The molecule has 0 aliphatic carbocycles. The smallest absolute Gasteiger partial charge is 0.0857 e. The molecule has 2 nitrogen and oxygen atoms in total. The van der Waals surface area contributed by atoms with Gasteiger partial charge in [-0.1, -0.05) is 43.7 Å². The van der Waals surface area contributed by atoms with Crippen molar-refractivity contribution in [1.29, 1.82) is 0 Å². The van der Waals surface area contributed by atoms with Gasteiger partial charge in [-0.05, 0) is 42.7 Å². The molecule has 2 rings (SSSR count). The lowest BCUT2D eigenvalue weighted by Crippen LogP contribution is -1.84. The summed E-state index contributed by atoms with van der Waals surface area (Å²) in [7, 11) is 0. The van der Waals surface area contributed by atoms with Crippen molar-refractivity contribution in [3.8, 4) is 0 Å². The summed E-state index contributed by atoms with van der Waals surface area (Å²) < 4.78 is 0. The predicted octanol–water partition coefficient (Wildman–Crippen LogP) is 5.53. The molecule has 0 aromatic heterocycles. The molecule has 0 N–H and O–H groups in total. The summed E-state index contributed by atoms with van der Waals surface area (Å²) in [5, 5.41) is 8.45. The first-order valence-electron chi connectivity index (χ1n) is 6.23. The minimum Gasteiger partial charge on any atom is -0.151 e. The highest BCUT2D eigenvalue weighted by Gasteiger charge is 1.98. The number of benzene rings is 2. The zero-order chi connectivity index (χ0) is 13.0. The highest BCUT2D eigenvalue weighted by Crippen LogP contribution is 2.21. The number of hydrogen-bond donors (Lipinski definition) is 0. The summed E-state index contributed by atoms with van der Waals surface area (Å²) in [4.78, 5) is 0. The molecule has 0 bridgehead atoms. The van der Waals surface area contributed by atoms with E-state index in [0.29, 0.717) is 5.92 Å². The van der Waals surface area contributed by atoms with Crippen molar-refractivity contribution in [3.63, 3.8) is 0 Å². The molecule has 0 radical (unpaired) electrons. The van der Waals surface area contributed by atoms with Crippen LogP contribution in [-0.2, 0) is 0 Å². The second kappa shape index (κ2) is 5.58. The third-order valence-corrected chi connectivity index (χ3v) is 2.87. The zero-order valence-electron chi connectivity index (χ0n) is 11.1. The van der Waals surface area contributed by atoms with Crippen molar-refractivity contribution in [2.45, 2.75) is 26.7 Å². The lowest BCUT2D eigenvalue weighted by molar-refractivity contribution is 0.866. The molecule has 2 aromatic rings. The van der Waals surface area contributed by atoms with Gasteiger partial charge in [0, 0.05) is 0 Å². The van der Waals surface area contributed by atoms with Gasteiger partial charge < -0.3 is 0 Å². The molecule has 0 aliphatic heterocycles. The molecule has 2 aromatic carbocycles. The standard InChI is InChI=1S/C16H18N2/c1-12(2)14-6-10-16(11-7-14)18-17-15-8-4-13(3)5-9-15/h4-12H,1-3H3/b18-17+. The van der Waals surface area contributed by atoms with Crippen LogP contribution in [0.15, 0.2) is 58.8 Å². The molecule has 0 saturated heterocycles. The molecule has 0 amide bonds. The van der Waals surface area contributed by atoms with E-state index in [0.717, 1.165) is 11.4 Å². The normalized spacial score (nSPS) is 11.3. The third kappa shape index (κ3) is 3.27. The van der Waals surface area contributed by atoms with E-state index in [1.807, 2.05) is 36.4 Å². The van der Waals surface area contributed by atoms with Gasteiger partial charge in [-0.3, -0.25) is 0 Å². The topological polar surface area (TPSA) is 24.7 Å². The summed E-state index contributed by atoms with van der Waals surface area (Å²) in [6, 6.07) is 16.2. The Hall–Kier alpha value is -1.96. The van der Waals surface area contributed by atoms with Gasteiger partial charge in [-0.15, -0.1) is 0 Å². The van der Waals surface area contributed by atoms with E-state index in [1.165, 1.54) is 11.1 Å². The maximum Gasteiger partial charge on any atom is 0.0857 e. The maximum atomic E-state index is 4.23. The fraction of sp³-hybridized carbons (Fsp3) is 0.250. The number of rotatable bonds is 3. The molecule has 0 heterocycles. The first-order valence-corrected chi connectivity index (χ1v) is 6.23. The summed E-state index contributed by atoms with van der Waals surface area (Å²) >= 11 is 0. The number of nitrogens with zero attached hydrogens (tertiary/aromatic N) is 2. The highest BCUT2D eigenvalue weighted by atomic mass is 15.1. The van der Waals surface area contributed by atoms with E-state index < -0.39 is 0 Å². The molecule has 0 saturated carbocycles. The van der Waals surface area contributed by atoms with Crippen LogP contribution in [0.2, 0.25) is 0 Å². The van der Waals surface area contributed by atoms with Crippen LogP contribution in [0.5, 0.6) is 0 Å². The summed E-state index contributed by atoms with van der Waals surface area (Å²) in [6.07, 6.45) is 0. The van der Waals surface area contributed by atoms with Crippen LogP contribution >= 0.6 is 0 Å². The Balaban J connectivity index is 2.11. The minimum atomic E-state index is 0.549. The van der Waals surface area contributed by atoms with Crippen LogP contribution in [0, 0.1) is 6.92 Å². The van der Waals surface area contributed by atoms with E-state index in [2.05, 4.69) is 43.1 Å². The Morgan fingerprint density at radius 1 is 0.722 bits per heavy atom. The molecule has 0 aliphatic rings. The van der Waals surface area contributed by atoms with Crippen molar-refractivity contribution in [2.75, 3.05) is 0 Å². The molecule has 92 valence electrons. The summed E-state index contributed by atoms with van der Waals surface area (Å²) in [5.74, 6) is 0.549. The van der Waals surface area contributed by atoms with Gasteiger partial charge in [0.15, 0.2) is 0 Å². The minimum absolute atomic E-state index is 0.549. The van der Waals surface area contributed by atoms with Gasteiger partial charge in [0.05, 0.1) is 11.4 Å². The maximum absolute atomic E-state index is 4.23. The molecule has 0 unspecified atom stereocenters. The van der Waals surface area contributed by atoms with Crippen LogP contribution in [-0.4, -0.2) is 0 Å². The first-order chi connectivity index (χ1) is 8.65. The third-order valence-electron chi connectivity index (χ3n) is 2.87. The van der Waals surface area contributed by atoms with Crippen molar-refractivity contribution >= 4 is 11.4 Å². The Morgan fingerprint density at radius 3 is 1.61 bits per heavy atom. The molecule has 0 spiro atoms. The molecule has 18 heavy (non-hydrogen) atoms. The second-order valence-corrected chi connectivity index (χ2v) is 4.78. The highest BCUT2D eigenvalue weighted by molar-refractivity contribution is 5.42. The van der Waals surface area contributed by atoms with Crippen molar-refractivity contribution in [3.05, 3.63) is 59.7 Å². The number of azo groups is 1. The van der Waals surface area contributed by atoms with Gasteiger partial charge in [-0.2, -0.15) is 10.2 Å². The van der Waals surface area contributed by atoms with Crippen molar-refractivity contribution in [2.24, 2.45) is 10.2 Å². The summed E-state index contributed by atoms with van der Waals surface area (Å²) in [6.45, 7) is 6.43. The molecule has 0 fully saturated rings. The lowest BCUT2D eigenvalue weighted by Gasteiger charge is -2.03. The number of aryl methyl sites for hydroxylation is 1. The van der Waals surface area contributed by atoms with Crippen LogP contribution in [0.3, 0.4) is 0 Å². The average Bonchev–Trinajstić information content (AvgIpc) is 2.38. The largest absolute Gasteiger partial charge is 0.151 e. The van der Waals surface area contributed by atoms with Gasteiger partial charge >= 0.3 is 0 Å². The van der Waals surface area contributed by atoms with E-state index in [9.17, 15) is 0 Å². The Labute approximate surface area is 108 Å². The van der Waals surface area contributed by atoms with E-state index in [4.69, 9.17) is 0 Å². The number of hydrogen-bond acceptors (Lipinski definition) is 2. The molecule has 0 atom stereocenters. The van der Waals surface area contributed by atoms with E-state index in [-0.39, 0.29) is 0 Å². The van der Waals surface area contributed by atoms with Gasteiger partial charge in [0.1, 0.15) is 0 Å². The lowest BCUT2D eigenvalue weighted by atomic mass is 10.0. The van der Waals surface area contributed by atoms with Crippen LogP contribution < -0.4 is 0 Å². The molecular formula is C16H18N2. The Kier molecular flexibility index (Phi) is 3.88. The molecular weight excluding hydrogens is 220 g/mol. The average molecular weight is 238 g/mol. The quantitative estimate of drug-likeness (QED) is 0.628. The van der Waals surface area contributed by atoms with Crippen molar-refractivity contribution in [1.82, 2.24) is 0 Å². The van der Waals surface area contributed by atoms with Gasteiger partial charge in [0.2, 0.25) is 0 Å². The summed E-state index contributed by atoms with van der Waals surface area (Å²) in [5.41, 5.74) is 4.33. The van der Waals surface area contributed by atoms with E-state index in [1.54, 1.807) is 0 Å². The Bertz CT molecular complexity index is 522. The predicted molar refractivity (Wildman–Crippen MR) is 75.9 cm³/mol. The fourth-order valence-corrected chi connectivity index (χ4v) is 1.65. The van der Waals surface area contributed by atoms with Crippen LogP contribution in [0.4, 0.5) is 11.4 Å².